The second-order valence-corrected chi connectivity index (χ2v) is 7.27. The Kier molecular flexibility index (Phi) is 5.73. The van der Waals surface area contributed by atoms with E-state index in [0.717, 1.165) is 12.1 Å². The number of carbonyl (C=O) groups is 2. The number of hydrogen-bond donors (Lipinski definition) is 1. The van der Waals surface area contributed by atoms with Crippen LogP contribution < -0.4 is 4.74 Å². The first-order chi connectivity index (χ1) is 12.0. The Morgan fingerprint density at radius 3 is 2.27 bits per heavy atom. The van der Waals surface area contributed by atoms with Crippen LogP contribution in [0.4, 0.5) is 13.6 Å². The third kappa shape index (κ3) is 4.42. The highest BCUT2D eigenvalue weighted by atomic mass is 19.1. The molecule has 0 radical (unpaired) electrons. The third-order valence-corrected chi connectivity index (χ3v) is 4.24. The van der Waals surface area contributed by atoms with Gasteiger partial charge in [-0.05, 0) is 27.2 Å². The summed E-state index contributed by atoms with van der Waals surface area (Å²) < 4.78 is 39.1. The average Bonchev–Trinajstić information content (AvgIpc) is 2.52. The summed E-state index contributed by atoms with van der Waals surface area (Å²) in [7, 11) is 1.28. The number of ether oxygens (including phenoxy) is 2. The van der Waals surface area contributed by atoms with Gasteiger partial charge in [-0.1, -0.05) is 0 Å². The molecule has 0 saturated carbocycles. The molecule has 1 N–H and O–H groups in total. The van der Waals surface area contributed by atoms with Crippen molar-refractivity contribution >= 4 is 12.1 Å². The minimum Gasteiger partial charge on any atom is -0.497 e. The highest BCUT2D eigenvalue weighted by Crippen LogP contribution is 2.37. The van der Waals surface area contributed by atoms with Gasteiger partial charge in [0.15, 0.2) is 0 Å². The van der Waals surface area contributed by atoms with E-state index in [1.54, 1.807) is 20.8 Å². The summed E-state index contributed by atoms with van der Waals surface area (Å²) in [4.78, 5) is 25.2. The van der Waals surface area contributed by atoms with Gasteiger partial charge in [-0.3, -0.25) is 4.79 Å². The van der Waals surface area contributed by atoms with Crippen LogP contribution in [0.1, 0.15) is 38.7 Å². The molecule has 1 aromatic carbocycles. The fourth-order valence-electron chi connectivity index (χ4n) is 3.07. The quantitative estimate of drug-likeness (QED) is 0.881. The first kappa shape index (κ1) is 19.9. The Morgan fingerprint density at radius 2 is 1.81 bits per heavy atom. The molecule has 2 rings (SSSR count). The van der Waals surface area contributed by atoms with Crippen molar-refractivity contribution in [2.75, 3.05) is 20.2 Å². The Hall–Kier alpha value is -2.38. The number of benzene rings is 1. The lowest BCUT2D eigenvalue weighted by Crippen LogP contribution is -2.47. The van der Waals surface area contributed by atoms with E-state index in [2.05, 4.69) is 0 Å². The lowest BCUT2D eigenvalue weighted by Gasteiger charge is -2.37. The average molecular weight is 371 g/mol. The molecule has 1 unspecified atom stereocenters. The van der Waals surface area contributed by atoms with Crippen LogP contribution in [0.2, 0.25) is 0 Å². The number of aliphatic carboxylic acids is 1. The van der Waals surface area contributed by atoms with Crippen molar-refractivity contribution in [2.45, 2.75) is 38.7 Å². The van der Waals surface area contributed by atoms with Gasteiger partial charge in [-0.25, -0.2) is 13.6 Å². The molecular weight excluding hydrogens is 348 g/mol. The standard InChI is InChI=1S/C18H23F2NO5/c1-18(2,3)26-17(24)21-6-5-11(16(22)23)12(9-21)15-13(19)7-10(25-4)8-14(15)20/h7-8,11-12H,5-6,9H2,1-4H3,(H,22,23)/t11?,12-/m1/s1. The van der Waals surface area contributed by atoms with Gasteiger partial charge in [-0.15, -0.1) is 0 Å². The number of halogens is 2. The molecule has 0 spiro atoms. The number of amides is 1. The van der Waals surface area contributed by atoms with E-state index < -0.39 is 41.1 Å². The Bertz CT molecular complexity index is 678. The van der Waals surface area contributed by atoms with Crippen molar-refractivity contribution in [2.24, 2.45) is 5.92 Å². The van der Waals surface area contributed by atoms with Crippen molar-refractivity contribution in [3.8, 4) is 5.75 Å². The molecule has 1 aliphatic heterocycles. The van der Waals surface area contributed by atoms with Gasteiger partial charge < -0.3 is 19.5 Å². The van der Waals surface area contributed by atoms with Crippen LogP contribution in [0.15, 0.2) is 12.1 Å². The minimum absolute atomic E-state index is 0.00423. The van der Waals surface area contributed by atoms with E-state index in [1.807, 2.05) is 0 Å². The van der Waals surface area contributed by atoms with Gasteiger partial charge in [-0.2, -0.15) is 0 Å². The van der Waals surface area contributed by atoms with E-state index in [0.29, 0.717) is 0 Å². The second kappa shape index (κ2) is 7.47. The zero-order chi connectivity index (χ0) is 19.6. The first-order valence-electron chi connectivity index (χ1n) is 8.27. The number of carbonyl (C=O) groups excluding carboxylic acids is 1. The number of hydrogen-bond acceptors (Lipinski definition) is 4. The highest BCUT2D eigenvalue weighted by Gasteiger charge is 2.40. The summed E-state index contributed by atoms with van der Waals surface area (Å²) in [6.07, 6.45) is -0.565. The predicted octanol–water partition coefficient (Wildman–Crippen LogP) is 3.40. The summed E-state index contributed by atoms with van der Waals surface area (Å²) in [5.74, 6) is -5.00. The van der Waals surface area contributed by atoms with Gasteiger partial charge in [0.05, 0.1) is 13.0 Å². The number of carboxylic acids is 1. The smallest absolute Gasteiger partial charge is 0.410 e. The maximum absolute atomic E-state index is 14.5. The van der Waals surface area contributed by atoms with Gasteiger partial charge in [0.2, 0.25) is 0 Å². The number of methoxy groups -OCH3 is 1. The van der Waals surface area contributed by atoms with Crippen LogP contribution in [-0.4, -0.2) is 47.9 Å². The van der Waals surface area contributed by atoms with Crippen molar-refractivity contribution in [1.82, 2.24) is 4.90 Å². The second-order valence-electron chi connectivity index (χ2n) is 7.27. The van der Waals surface area contributed by atoms with Crippen LogP contribution in [0.3, 0.4) is 0 Å². The molecule has 1 saturated heterocycles. The summed E-state index contributed by atoms with van der Waals surface area (Å²) in [5, 5.41) is 9.46. The molecule has 1 aliphatic rings. The Morgan fingerprint density at radius 1 is 1.23 bits per heavy atom. The van der Waals surface area contributed by atoms with E-state index >= 15 is 0 Å². The molecule has 144 valence electrons. The topological polar surface area (TPSA) is 76.1 Å². The van der Waals surface area contributed by atoms with Crippen molar-refractivity contribution < 1.29 is 33.0 Å². The highest BCUT2D eigenvalue weighted by molar-refractivity contribution is 5.73. The SMILES string of the molecule is COc1cc(F)c([C@@H]2CN(C(=O)OC(C)(C)C)CCC2C(=O)O)c(F)c1. The molecule has 2 atom stereocenters. The van der Waals surface area contributed by atoms with Crippen molar-refractivity contribution in [3.63, 3.8) is 0 Å². The molecule has 0 aromatic heterocycles. The van der Waals surface area contributed by atoms with E-state index in [9.17, 15) is 23.5 Å². The molecule has 0 bridgehead atoms. The third-order valence-electron chi connectivity index (χ3n) is 4.24. The summed E-state index contributed by atoms with van der Waals surface area (Å²) in [6, 6.07) is 2.01. The molecule has 0 aliphatic carbocycles. The number of piperidine rings is 1. The van der Waals surface area contributed by atoms with Crippen LogP contribution >= 0.6 is 0 Å². The lowest BCUT2D eigenvalue weighted by atomic mass is 9.80. The molecule has 6 nitrogen and oxygen atoms in total. The van der Waals surface area contributed by atoms with Crippen LogP contribution in [-0.2, 0) is 9.53 Å². The molecule has 1 fully saturated rings. The number of carboxylic acid groups (broad SMARTS) is 1. The Labute approximate surface area is 150 Å². The fourth-order valence-corrected chi connectivity index (χ4v) is 3.07. The monoisotopic (exact) mass is 371 g/mol. The zero-order valence-electron chi connectivity index (χ0n) is 15.2. The number of rotatable bonds is 3. The molecule has 26 heavy (non-hydrogen) atoms. The maximum atomic E-state index is 14.5. The Balaban J connectivity index is 2.36. The summed E-state index contributed by atoms with van der Waals surface area (Å²) in [5.41, 5.74) is -1.08. The molecule has 1 heterocycles. The zero-order valence-corrected chi connectivity index (χ0v) is 15.2. The maximum Gasteiger partial charge on any atom is 0.410 e. The van der Waals surface area contributed by atoms with E-state index in [-0.39, 0.29) is 30.8 Å². The first-order valence-corrected chi connectivity index (χ1v) is 8.27. The van der Waals surface area contributed by atoms with Gasteiger partial charge in [0.25, 0.3) is 0 Å². The summed E-state index contributed by atoms with van der Waals surface area (Å²) >= 11 is 0. The van der Waals surface area contributed by atoms with Crippen LogP contribution in [0.5, 0.6) is 5.75 Å². The van der Waals surface area contributed by atoms with Gasteiger partial charge in [0.1, 0.15) is 23.0 Å². The van der Waals surface area contributed by atoms with E-state index in [4.69, 9.17) is 9.47 Å². The van der Waals surface area contributed by atoms with Gasteiger partial charge >= 0.3 is 12.1 Å². The van der Waals surface area contributed by atoms with Gasteiger partial charge in [0, 0.05) is 36.7 Å². The largest absolute Gasteiger partial charge is 0.497 e. The minimum atomic E-state index is -1.16. The predicted molar refractivity (Wildman–Crippen MR) is 89.2 cm³/mol. The normalized spacial score (nSPS) is 20.6. The van der Waals surface area contributed by atoms with Crippen LogP contribution in [0.25, 0.3) is 0 Å². The molecule has 1 aromatic rings. The fraction of sp³-hybridized carbons (Fsp3) is 0.556. The molecular formula is C18H23F2NO5. The van der Waals surface area contributed by atoms with Crippen LogP contribution in [0, 0.1) is 17.6 Å². The number of nitrogens with zero attached hydrogens (tertiary/aromatic N) is 1. The van der Waals surface area contributed by atoms with Crippen molar-refractivity contribution in [1.29, 1.82) is 0 Å². The number of likely N-dealkylation sites (tertiary alicyclic amines) is 1. The molecule has 8 heteroatoms. The lowest BCUT2D eigenvalue weighted by molar-refractivity contribution is -0.144. The van der Waals surface area contributed by atoms with E-state index in [1.165, 1.54) is 12.0 Å². The summed E-state index contributed by atoms with van der Waals surface area (Å²) in [6.45, 7) is 5.10. The molecule has 1 amide bonds. The van der Waals surface area contributed by atoms with Crippen molar-refractivity contribution in [3.05, 3.63) is 29.3 Å².